The van der Waals surface area contributed by atoms with E-state index in [1.165, 1.54) is 17.0 Å². The molecule has 0 bridgehead atoms. The molecule has 0 aliphatic carbocycles. The van der Waals surface area contributed by atoms with Gasteiger partial charge in [0.05, 0.1) is 12.9 Å². The molecule has 3 nitrogen and oxygen atoms in total. The van der Waals surface area contributed by atoms with Crippen LogP contribution < -0.4 is 5.32 Å². The Kier molecular flexibility index (Phi) is 2.03. The van der Waals surface area contributed by atoms with Gasteiger partial charge in [-0.2, -0.15) is 0 Å². The van der Waals surface area contributed by atoms with Gasteiger partial charge in [-0.05, 0) is 0 Å². The fourth-order valence-corrected chi connectivity index (χ4v) is 2.26. The predicted molar refractivity (Wildman–Crippen MR) is 57.4 cm³/mol. The molecule has 0 saturated carbocycles. The van der Waals surface area contributed by atoms with Crippen LogP contribution in [-0.2, 0) is 6.42 Å². The molecule has 15 heavy (non-hydrogen) atoms. The topological polar surface area (TPSA) is 45.3 Å². The average Bonchev–Trinajstić information content (AvgIpc) is 2.78. The van der Waals surface area contributed by atoms with Crippen molar-refractivity contribution in [2.24, 2.45) is 0 Å². The first-order chi connectivity index (χ1) is 7.45. The highest BCUT2D eigenvalue weighted by Crippen LogP contribution is 2.21. The molecule has 3 N–H and O–H groups in total. The van der Waals surface area contributed by atoms with Crippen LogP contribution in [-0.4, -0.2) is 16.5 Å². The Bertz CT molecular complexity index is 447. The Morgan fingerprint density at radius 1 is 1.27 bits per heavy atom. The first-order valence-electron chi connectivity index (χ1n) is 5.35. The quantitative estimate of drug-likeness (QED) is 0.696. The van der Waals surface area contributed by atoms with Crippen LogP contribution in [0.4, 0.5) is 0 Å². The summed E-state index contributed by atoms with van der Waals surface area (Å²) in [5, 5.41) is 2.36. The van der Waals surface area contributed by atoms with E-state index in [9.17, 15) is 0 Å². The van der Waals surface area contributed by atoms with Crippen LogP contribution in [0.1, 0.15) is 23.0 Å². The van der Waals surface area contributed by atoms with Crippen molar-refractivity contribution in [2.45, 2.75) is 12.5 Å². The number of benzene rings is 1. The lowest BCUT2D eigenvalue weighted by atomic mass is 9.98. The van der Waals surface area contributed by atoms with Crippen LogP contribution in [0.5, 0.6) is 0 Å². The molecule has 1 aliphatic heterocycles. The van der Waals surface area contributed by atoms with Crippen LogP contribution >= 0.6 is 0 Å². The van der Waals surface area contributed by atoms with Gasteiger partial charge in [-0.25, -0.2) is 4.98 Å². The maximum atomic E-state index is 4.43. The number of fused-ring (bicyclic) bond motifs is 1. The van der Waals surface area contributed by atoms with Crippen molar-refractivity contribution in [1.29, 1.82) is 0 Å². The Hall–Kier alpha value is -1.61. The first-order valence-corrected chi connectivity index (χ1v) is 5.35. The number of hydrogen-bond acceptors (Lipinski definition) is 1. The van der Waals surface area contributed by atoms with Crippen LogP contribution in [0.15, 0.2) is 36.7 Å². The Morgan fingerprint density at radius 3 is 3.00 bits per heavy atom. The van der Waals surface area contributed by atoms with Gasteiger partial charge < -0.3 is 10.3 Å². The van der Waals surface area contributed by atoms with E-state index in [0.717, 1.165) is 13.0 Å². The number of hydrogen-bond donors (Lipinski definition) is 2. The summed E-state index contributed by atoms with van der Waals surface area (Å²) >= 11 is 0. The second-order valence-corrected chi connectivity index (χ2v) is 3.93. The molecule has 1 aromatic heterocycles. The van der Waals surface area contributed by atoms with E-state index in [-0.39, 0.29) is 0 Å². The third kappa shape index (κ3) is 1.45. The van der Waals surface area contributed by atoms with E-state index in [4.69, 9.17) is 0 Å². The Labute approximate surface area is 88.6 Å². The summed E-state index contributed by atoms with van der Waals surface area (Å²) in [6.07, 6.45) is 2.90. The number of rotatable bonds is 1. The highest BCUT2D eigenvalue weighted by Gasteiger charge is 2.26. The van der Waals surface area contributed by atoms with Gasteiger partial charge in [-0.15, -0.1) is 0 Å². The number of aromatic nitrogens is 2. The van der Waals surface area contributed by atoms with Gasteiger partial charge in [0, 0.05) is 17.7 Å². The molecule has 76 valence electrons. The van der Waals surface area contributed by atoms with E-state index >= 15 is 0 Å². The van der Waals surface area contributed by atoms with Crippen LogP contribution in [0.25, 0.3) is 0 Å². The monoisotopic (exact) mass is 200 g/mol. The molecule has 0 radical (unpaired) electrons. The van der Waals surface area contributed by atoms with Crippen molar-refractivity contribution in [2.75, 3.05) is 6.54 Å². The lowest BCUT2D eigenvalue weighted by molar-refractivity contribution is -0.690. The van der Waals surface area contributed by atoms with Gasteiger partial charge in [0.1, 0.15) is 5.69 Å². The fraction of sp³-hybridized carbons (Fsp3) is 0.250. The predicted octanol–water partition coefficient (Wildman–Crippen LogP) is 0.619. The van der Waals surface area contributed by atoms with Crippen LogP contribution in [0.3, 0.4) is 0 Å². The lowest BCUT2D eigenvalue weighted by Crippen LogP contribution is -2.87. The van der Waals surface area contributed by atoms with Gasteiger partial charge in [0.2, 0.25) is 0 Å². The highest BCUT2D eigenvalue weighted by molar-refractivity contribution is 5.28. The molecule has 0 fully saturated rings. The number of quaternary nitrogens is 1. The summed E-state index contributed by atoms with van der Waals surface area (Å²) in [5.74, 6) is 0. The maximum absolute atomic E-state index is 4.43. The van der Waals surface area contributed by atoms with Crippen molar-refractivity contribution in [3.05, 3.63) is 53.6 Å². The van der Waals surface area contributed by atoms with Crippen LogP contribution in [0.2, 0.25) is 0 Å². The minimum Gasteiger partial charge on any atom is -0.348 e. The third-order valence-corrected chi connectivity index (χ3v) is 3.00. The zero-order valence-corrected chi connectivity index (χ0v) is 8.48. The van der Waals surface area contributed by atoms with Crippen molar-refractivity contribution in [3.63, 3.8) is 0 Å². The van der Waals surface area contributed by atoms with E-state index in [1.54, 1.807) is 6.33 Å². The molecule has 2 aromatic rings. The van der Waals surface area contributed by atoms with E-state index in [2.05, 4.69) is 45.6 Å². The molecule has 3 rings (SSSR count). The highest BCUT2D eigenvalue weighted by atomic mass is 15.0. The Morgan fingerprint density at radius 2 is 2.13 bits per heavy atom. The molecule has 0 saturated heterocycles. The molecule has 0 amide bonds. The zero-order chi connectivity index (χ0) is 10.1. The SMILES string of the molecule is c1ccc([C@H]2[NH2+]CCc3[nH]cnc32)cc1. The van der Waals surface area contributed by atoms with Crippen LogP contribution in [0, 0.1) is 0 Å². The molecule has 1 aliphatic rings. The smallest absolute Gasteiger partial charge is 0.156 e. The molecular formula is C12H14N3+. The molecule has 1 aromatic carbocycles. The number of nitrogens with one attached hydrogen (secondary N) is 1. The standard InChI is InChI=1S/C12H13N3/c1-2-4-9(5-3-1)11-12-10(6-7-13-11)14-8-15-12/h1-5,8,11,13H,6-7H2,(H,14,15)/p+1/t11-/m1/s1. The minimum atomic E-state index is 0.376. The normalized spacial score (nSPS) is 19.9. The second-order valence-electron chi connectivity index (χ2n) is 3.93. The molecule has 1 atom stereocenters. The van der Waals surface area contributed by atoms with Crippen molar-refractivity contribution < 1.29 is 5.32 Å². The Balaban J connectivity index is 2.03. The summed E-state index contributed by atoms with van der Waals surface area (Å²) in [4.78, 5) is 7.65. The number of nitrogens with zero attached hydrogens (tertiary/aromatic N) is 1. The largest absolute Gasteiger partial charge is 0.348 e. The maximum Gasteiger partial charge on any atom is 0.156 e. The van der Waals surface area contributed by atoms with Crippen molar-refractivity contribution in [3.8, 4) is 0 Å². The fourth-order valence-electron chi connectivity index (χ4n) is 2.26. The molecule has 0 spiro atoms. The van der Waals surface area contributed by atoms with Gasteiger partial charge in [0.25, 0.3) is 0 Å². The average molecular weight is 200 g/mol. The number of aromatic amines is 1. The van der Waals surface area contributed by atoms with Crippen molar-refractivity contribution in [1.82, 2.24) is 9.97 Å². The summed E-state index contributed by atoms with van der Waals surface area (Å²) < 4.78 is 0. The number of H-pyrrole nitrogens is 1. The van der Waals surface area contributed by atoms with Gasteiger partial charge in [-0.3, -0.25) is 0 Å². The van der Waals surface area contributed by atoms with Gasteiger partial charge in [-0.1, -0.05) is 30.3 Å². The second kappa shape index (κ2) is 3.51. The van der Waals surface area contributed by atoms with Crippen molar-refractivity contribution >= 4 is 0 Å². The number of nitrogens with two attached hydrogens (primary N) is 1. The lowest BCUT2D eigenvalue weighted by Gasteiger charge is -2.19. The van der Waals surface area contributed by atoms with Gasteiger partial charge in [0.15, 0.2) is 6.04 Å². The molecule has 0 unspecified atom stereocenters. The third-order valence-electron chi connectivity index (χ3n) is 3.00. The molecular weight excluding hydrogens is 186 g/mol. The summed E-state index contributed by atoms with van der Waals surface area (Å²) in [6.45, 7) is 1.13. The molecule has 2 heterocycles. The summed E-state index contributed by atoms with van der Waals surface area (Å²) in [7, 11) is 0. The van der Waals surface area contributed by atoms with Gasteiger partial charge >= 0.3 is 0 Å². The summed E-state index contributed by atoms with van der Waals surface area (Å²) in [5.41, 5.74) is 3.84. The van der Waals surface area contributed by atoms with E-state index in [1.807, 2.05) is 0 Å². The zero-order valence-electron chi connectivity index (χ0n) is 8.48. The van der Waals surface area contributed by atoms with E-state index in [0.29, 0.717) is 6.04 Å². The molecule has 3 heteroatoms. The van der Waals surface area contributed by atoms with E-state index < -0.39 is 0 Å². The minimum absolute atomic E-state index is 0.376. The summed E-state index contributed by atoms with van der Waals surface area (Å²) in [6, 6.07) is 10.9. The first kappa shape index (κ1) is 8.68. The number of imidazole rings is 1.